The highest BCUT2D eigenvalue weighted by atomic mass is 19.4. The number of aliphatic carboxylic acids is 1. The molecule has 1 saturated heterocycles. The molecule has 116 valence electrons. The van der Waals surface area contributed by atoms with Gasteiger partial charge in [0, 0.05) is 12.2 Å². The Kier molecular flexibility index (Phi) is 4.41. The van der Waals surface area contributed by atoms with Gasteiger partial charge in [0.15, 0.2) is 6.10 Å². The van der Waals surface area contributed by atoms with Gasteiger partial charge in [-0.25, -0.2) is 4.79 Å². The maximum atomic E-state index is 12.7. The number of ether oxygens (including phenoxy) is 1. The minimum atomic E-state index is -4.39. The Labute approximate surface area is 119 Å². The molecule has 0 amide bonds. The van der Waals surface area contributed by atoms with Gasteiger partial charge in [-0.15, -0.1) is 0 Å². The molecule has 2 unspecified atom stereocenters. The molecule has 1 aromatic rings. The molecule has 2 atom stereocenters. The summed E-state index contributed by atoms with van der Waals surface area (Å²) in [6.45, 7) is 1.99. The van der Waals surface area contributed by atoms with Crippen molar-refractivity contribution in [1.82, 2.24) is 0 Å². The number of carboxylic acids is 1. The zero-order valence-electron chi connectivity index (χ0n) is 11.4. The lowest BCUT2D eigenvalue weighted by molar-refractivity contribution is -0.149. The van der Waals surface area contributed by atoms with Crippen molar-refractivity contribution in [1.29, 1.82) is 0 Å². The molecule has 2 N–H and O–H groups in total. The van der Waals surface area contributed by atoms with Gasteiger partial charge in [-0.05, 0) is 37.5 Å². The Morgan fingerprint density at radius 1 is 1.43 bits per heavy atom. The molecule has 21 heavy (non-hydrogen) atoms. The zero-order chi connectivity index (χ0) is 15.6. The smallest absolute Gasteiger partial charge is 0.416 e. The largest absolute Gasteiger partial charge is 0.479 e. The fourth-order valence-electron chi connectivity index (χ4n) is 2.25. The first kappa shape index (κ1) is 15.6. The van der Waals surface area contributed by atoms with E-state index in [-0.39, 0.29) is 12.6 Å². The molecule has 0 saturated carbocycles. The lowest BCUT2D eigenvalue weighted by Crippen LogP contribution is -2.24. The predicted octanol–water partition coefficient (Wildman–Crippen LogP) is 3.06. The molecule has 0 bridgehead atoms. The Balaban J connectivity index is 1.99. The summed E-state index contributed by atoms with van der Waals surface area (Å²) in [7, 11) is 0. The Morgan fingerprint density at radius 2 is 2.14 bits per heavy atom. The number of alkyl halides is 3. The first-order valence-electron chi connectivity index (χ1n) is 6.57. The number of rotatable bonds is 4. The highest BCUT2D eigenvalue weighted by molar-refractivity contribution is 5.72. The van der Waals surface area contributed by atoms with Crippen molar-refractivity contribution in [2.45, 2.75) is 38.1 Å². The van der Waals surface area contributed by atoms with E-state index in [1.165, 1.54) is 6.07 Å². The zero-order valence-corrected chi connectivity index (χ0v) is 11.4. The number of hydrogen-bond donors (Lipinski definition) is 2. The van der Waals surface area contributed by atoms with Crippen LogP contribution in [-0.2, 0) is 15.7 Å². The summed E-state index contributed by atoms with van der Waals surface area (Å²) in [6, 6.07) is 3.49. The molecule has 1 aromatic carbocycles. The Morgan fingerprint density at radius 3 is 2.71 bits per heavy atom. The molecule has 1 aliphatic rings. The van der Waals surface area contributed by atoms with Gasteiger partial charge < -0.3 is 15.2 Å². The molecule has 2 rings (SSSR count). The highest BCUT2D eigenvalue weighted by Crippen LogP contribution is 2.32. The van der Waals surface area contributed by atoms with Crippen LogP contribution in [0.15, 0.2) is 18.2 Å². The van der Waals surface area contributed by atoms with Gasteiger partial charge in [0.25, 0.3) is 0 Å². The van der Waals surface area contributed by atoms with Gasteiger partial charge in [-0.3, -0.25) is 0 Å². The number of anilines is 1. The van der Waals surface area contributed by atoms with Gasteiger partial charge in [0.1, 0.15) is 0 Å². The van der Waals surface area contributed by atoms with Crippen molar-refractivity contribution in [2.24, 2.45) is 0 Å². The van der Waals surface area contributed by atoms with E-state index < -0.39 is 23.8 Å². The van der Waals surface area contributed by atoms with Gasteiger partial charge >= 0.3 is 12.1 Å². The lowest BCUT2D eigenvalue weighted by Gasteiger charge is -2.16. The number of carbonyl (C=O) groups is 1. The quantitative estimate of drug-likeness (QED) is 0.897. The Hall–Kier alpha value is -1.76. The number of halogens is 3. The van der Waals surface area contributed by atoms with Crippen molar-refractivity contribution >= 4 is 11.7 Å². The molecule has 0 aromatic heterocycles. The lowest BCUT2D eigenvalue weighted by atomic mass is 10.1. The molecular formula is C14H16F3NO3. The second-order valence-corrected chi connectivity index (χ2v) is 5.07. The summed E-state index contributed by atoms with van der Waals surface area (Å²) in [4.78, 5) is 10.8. The van der Waals surface area contributed by atoms with Gasteiger partial charge in [0.05, 0.1) is 11.7 Å². The van der Waals surface area contributed by atoms with Crippen LogP contribution in [0.5, 0.6) is 0 Å². The third-order valence-electron chi connectivity index (χ3n) is 3.47. The van der Waals surface area contributed by atoms with Crippen LogP contribution in [0.1, 0.15) is 24.0 Å². The van der Waals surface area contributed by atoms with Crippen LogP contribution < -0.4 is 5.32 Å². The molecule has 1 aliphatic heterocycles. The first-order valence-corrected chi connectivity index (χ1v) is 6.57. The van der Waals surface area contributed by atoms with Crippen molar-refractivity contribution in [3.8, 4) is 0 Å². The highest BCUT2D eigenvalue weighted by Gasteiger charge is 2.32. The summed E-state index contributed by atoms with van der Waals surface area (Å²) in [5.74, 6) is -1.01. The van der Waals surface area contributed by atoms with Gasteiger partial charge in [-0.1, -0.05) is 6.07 Å². The number of hydrogen-bond acceptors (Lipinski definition) is 3. The first-order chi connectivity index (χ1) is 9.77. The number of aryl methyl sites for hydroxylation is 1. The minimum Gasteiger partial charge on any atom is -0.479 e. The number of carboxylic acid groups (broad SMARTS) is 1. The van der Waals surface area contributed by atoms with E-state index in [1.807, 2.05) is 0 Å². The van der Waals surface area contributed by atoms with Crippen LogP contribution >= 0.6 is 0 Å². The molecule has 0 radical (unpaired) electrons. The van der Waals surface area contributed by atoms with E-state index in [2.05, 4.69) is 5.32 Å². The van der Waals surface area contributed by atoms with Crippen LogP contribution in [0, 0.1) is 6.92 Å². The minimum absolute atomic E-state index is 0.284. The molecule has 7 heteroatoms. The molecule has 0 spiro atoms. The van der Waals surface area contributed by atoms with Crippen molar-refractivity contribution in [2.75, 3.05) is 11.9 Å². The predicted molar refractivity (Wildman–Crippen MR) is 70.2 cm³/mol. The molecule has 0 aliphatic carbocycles. The standard InChI is InChI=1S/C14H16F3NO3/c1-8-2-3-9(14(15,16)17)6-11(8)18-7-10-4-5-12(21-10)13(19)20/h2-3,6,10,12,18H,4-5,7H2,1H3,(H,19,20). The van der Waals surface area contributed by atoms with Crippen LogP contribution in [-0.4, -0.2) is 29.8 Å². The second-order valence-electron chi connectivity index (χ2n) is 5.07. The average Bonchev–Trinajstić information content (AvgIpc) is 2.85. The fraction of sp³-hybridized carbons (Fsp3) is 0.500. The Bertz CT molecular complexity index is 531. The van der Waals surface area contributed by atoms with Gasteiger partial charge in [0.2, 0.25) is 0 Å². The van der Waals surface area contributed by atoms with E-state index in [4.69, 9.17) is 9.84 Å². The van der Waals surface area contributed by atoms with Crippen LogP contribution in [0.25, 0.3) is 0 Å². The summed E-state index contributed by atoms with van der Waals surface area (Å²) in [5.41, 5.74) is 0.356. The van der Waals surface area contributed by atoms with Crippen molar-refractivity contribution < 1.29 is 27.8 Å². The molecule has 1 heterocycles. The number of nitrogens with one attached hydrogen (secondary N) is 1. The summed E-state index contributed by atoms with van der Waals surface area (Å²) in [6.07, 6.45) is -4.52. The van der Waals surface area contributed by atoms with Crippen molar-refractivity contribution in [3.05, 3.63) is 29.3 Å². The maximum absolute atomic E-state index is 12.7. The van der Waals surface area contributed by atoms with Gasteiger partial charge in [-0.2, -0.15) is 13.2 Å². The number of benzene rings is 1. The normalized spacial score (nSPS) is 22.3. The molecule has 1 fully saturated rings. The van der Waals surface area contributed by atoms with Crippen LogP contribution in [0.2, 0.25) is 0 Å². The van der Waals surface area contributed by atoms with E-state index in [0.29, 0.717) is 24.1 Å². The van der Waals surface area contributed by atoms with Crippen LogP contribution in [0.3, 0.4) is 0 Å². The summed E-state index contributed by atoms with van der Waals surface area (Å²) in [5, 5.41) is 11.7. The third-order valence-corrected chi connectivity index (χ3v) is 3.47. The topological polar surface area (TPSA) is 58.6 Å². The monoisotopic (exact) mass is 303 g/mol. The average molecular weight is 303 g/mol. The van der Waals surface area contributed by atoms with E-state index in [1.54, 1.807) is 6.92 Å². The third kappa shape index (κ3) is 3.87. The fourth-order valence-corrected chi connectivity index (χ4v) is 2.25. The van der Waals surface area contributed by atoms with Crippen LogP contribution in [0.4, 0.5) is 18.9 Å². The molecular weight excluding hydrogens is 287 g/mol. The maximum Gasteiger partial charge on any atom is 0.416 e. The van der Waals surface area contributed by atoms with E-state index in [0.717, 1.165) is 12.1 Å². The van der Waals surface area contributed by atoms with Crippen molar-refractivity contribution in [3.63, 3.8) is 0 Å². The SMILES string of the molecule is Cc1ccc(C(F)(F)F)cc1NCC1CCC(C(=O)O)O1. The van der Waals surface area contributed by atoms with E-state index in [9.17, 15) is 18.0 Å². The second kappa shape index (κ2) is 5.93. The molecule has 4 nitrogen and oxygen atoms in total. The van der Waals surface area contributed by atoms with E-state index >= 15 is 0 Å². The summed E-state index contributed by atoms with van der Waals surface area (Å²) < 4.78 is 43.3. The summed E-state index contributed by atoms with van der Waals surface area (Å²) >= 11 is 0.